The van der Waals surface area contributed by atoms with E-state index in [1.165, 1.54) is 11.3 Å². The van der Waals surface area contributed by atoms with E-state index in [2.05, 4.69) is 55.3 Å². The van der Waals surface area contributed by atoms with Crippen LogP contribution < -0.4 is 19.7 Å². The van der Waals surface area contributed by atoms with Gasteiger partial charge in [-0.25, -0.2) is 0 Å². The van der Waals surface area contributed by atoms with Crippen LogP contribution in [-0.4, -0.2) is 31.7 Å². The fourth-order valence-corrected chi connectivity index (χ4v) is 4.53. The maximum atomic E-state index is 13.1. The Hall–Kier alpha value is -2.69. The zero-order valence-electron chi connectivity index (χ0n) is 18.4. The number of amides is 1. The summed E-state index contributed by atoms with van der Waals surface area (Å²) in [5, 5.41) is 3.32. The molecule has 5 nitrogen and oxygen atoms in total. The van der Waals surface area contributed by atoms with Crippen molar-refractivity contribution in [2.24, 2.45) is 5.92 Å². The van der Waals surface area contributed by atoms with Crippen molar-refractivity contribution in [2.75, 3.05) is 25.1 Å². The van der Waals surface area contributed by atoms with Gasteiger partial charge in [-0.2, -0.15) is 0 Å². The van der Waals surface area contributed by atoms with Gasteiger partial charge < -0.3 is 19.7 Å². The van der Waals surface area contributed by atoms with Crippen molar-refractivity contribution >= 4 is 11.6 Å². The van der Waals surface area contributed by atoms with Crippen molar-refractivity contribution < 1.29 is 14.3 Å². The molecule has 0 unspecified atom stereocenters. The molecular formula is C25H32N2O3. The lowest BCUT2D eigenvalue weighted by atomic mass is 9.88. The highest BCUT2D eigenvalue weighted by Crippen LogP contribution is 2.41. The van der Waals surface area contributed by atoms with Crippen LogP contribution in [0, 0.1) is 12.8 Å². The van der Waals surface area contributed by atoms with Crippen LogP contribution in [0.25, 0.3) is 0 Å². The first-order valence-electron chi connectivity index (χ1n) is 10.8. The van der Waals surface area contributed by atoms with Gasteiger partial charge in [-0.1, -0.05) is 17.7 Å². The summed E-state index contributed by atoms with van der Waals surface area (Å²) in [6.07, 6.45) is 2.48. The second kappa shape index (κ2) is 8.21. The summed E-state index contributed by atoms with van der Waals surface area (Å²) in [7, 11) is 1.66. The van der Waals surface area contributed by atoms with Gasteiger partial charge in [0.25, 0.3) is 0 Å². The van der Waals surface area contributed by atoms with Crippen LogP contribution in [0.15, 0.2) is 42.5 Å². The van der Waals surface area contributed by atoms with Crippen LogP contribution in [0.1, 0.15) is 50.3 Å². The molecule has 2 aromatic carbocycles. The minimum absolute atomic E-state index is 0.0479. The molecule has 1 amide bonds. The van der Waals surface area contributed by atoms with Crippen molar-refractivity contribution in [1.29, 1.82) is 0 Å². The van der Waals surface area contributed by atoms with Gasteiger partial charge in [0, 0.05) is 36.7 Å². The van der Waals surface area contributed by atoms with Crippen LogP contribution in [0.4, 0.5) is 5.69 Å². The fraction of sp³-hybridized carbons (Fsp3) is 0.480. The van der Waals surface area contributed by atoms with Gasteiger partial charge in [0.1, 0.15) is 17.1 Å². The molecule has 30 heavy (non-hydrogen) atoms. The average Bonchev–Trinajstić information content (AvgIpc) is 2.73. The minimum atomic E-state index is -0.325. The number of rotatable bonds is 4. The molecule has 1 fully saturated rings. The van der Waals surface area contributed by atoms with Gasteiger partial charge in [-0.15, -0.1) is 0 Å². The number of piperidine rings is 1. The first-order chi connectivity index (χ1) is 14.3. The molecule has 2 aromatic rings. The summed E-state index contributed by atoms with van der Waals surface area (Å²) in [5.41, 5.74) is 3.18. The molecule has 5 heteroatoms. The molecule has 0 saturated carbocycles. The highest BCUT2D eigenvalue weighted by Gasteiger charge is 2.36. The summed E-state index contributed by atoms with van der Waals surface area (Å²) in [4.78, 5) is 15.5. The molecule has 2 aliphatic heterocycles. The average molecular weight is 409 g/mol. The summed E-state index contributed by atoms with van der Waals surface area (Å²) in [6, 6.07) is 14.4. The SMILES string of the molecule is COc1ccc2c(c1)[C@H](NC(=O)C1CCN(c3ccc(C)cc3)CC1)CC(C)(C)O2. The van der Waals surface area contributed by atoms with Crippen LogP contribution >= 0.6 is 0 Å². The Kier molecular flexibility index (Phi) is 5.63. The lowest BCUT2D eigenvalue weighted by Crippen LogP contribution is -2.45. The van der Waals surface area contributed by atoms with Crippen molar-refractivity contribution in [3.63, 3.8) is 0 Å². The Morgan fingerprint density at radius 1 is 1.13 bits per heavy atom. The monoisotopic (exact) mass is 408 g/mol. The first-order valence-corrected chi connectivity index (χ1v) is 10.8. The van der Waals surface area contributed by atoms with E-state index in [-0.39, 0.29) is 23.5 Å². The predicted octanol–water partition coefficient (Wildman–Crippen LogP) is 4.64. The van der Waals surface area contributed by atoms with Crippen LogP contribution in [-0.2, 0) is 4.79 Å². The van der Waals surface area contributed by atoms with Crippen LogP contribution in [0.5, 0.6) is 11.5 Å². The topological polar surface area (TPSA) is 50.8 Å². The number of carbonyl (C=O) groups is 1. The number of nitrogens with one attached hydrogen (secondary N) is 1. The molecule has 1 atom stereocenters. The van der Waals surface area contributed by atoms with Gasteiger partial charge in [-0.3, -0.25) is 4.79 Å². The molecule has 0 radical (unpaired) electrons. The minimum Gasteiger partial charge on any atom is -0.497 e. The number of anilines is 1. The second-order valence-electron chi connectivity index (χ2n) is 9.13. The molecule has 1 N–H and O–H groups in total. The number of fused-ring (bicyclic) bond motifs is 1. The van der Waals surface area contributed by atoms with Gasteiger partial charge in [0.05, 0.1) is 13.2 Å². The summed E-state index contributed by atoms with van der Waals surface area (Å²) < 4.78 is 11.5. The molecule has 2 heterocycles. The summed E-state index contributed by atoms with van der Waals surface area (Å²) in [5.74, 6) is 1.80. The lowest BCUT2D eigenvalue weighted by molar-refractivity contribution is -0.126. The molecule has 160 valence electrons. The number of carbonyl (C=O) groups excluding carboxylic acids is 1. The van der Waals surface area contributed by atoms with Gasteiger partial charge in [0.2, 0.25) is 5.91 Å². The molecule has 1 saturated heterocycles. The van der Waals surface area contributed by atoms with E-state index in [0.29, 0.717) is 0 Å². The van der Waals surface area contributed by atoms with Crippen molar-refractivity contribution in [3.05, 3.63) is 53.6 Å². The number of benzene rings is 2. The van der Waals surface area contributed by atoms with E-state index in [1.54, 1.807) is 7.11 Å². The van der Waals surface area contributed by atoms with E-state index in [9.17, 15) is 4.79 Å². The van der Waals surface area contributed by atoms with Crippen molar-refractivity contribution in [3.8, 4) is 11.5 Å². The number of nitrogens with zero attached hydrogens (tertiary/aromatic N) is 1. The summed E-state index contributed by atoms with van der Waals surface area (Å²) in [6.45, 7) is 8.06. The smallest absolute Gasteiger partial charge is 0.223 e. The fourth-order valence-electron chi connectivity index (χ4n) is 4.53. The van der Waals surface area contributed by atoms with E-state index < -0.39 is 0 Å². The number of hydrogen-bond acceptors (Lipinski definition) is 4. The van der Waals surface area contributed by atoms with E-state index in [1.807, 2.05) is 18.2 Å². The van der Waals surface area contributed by atoms with E-state index in [4.69, 9.17) is 9.47 Å². The highest BCUT2D eigenvalue weighted by atomic mass is 16.5. The van der Waals surface area contributed by atoms with Crippen LogP contribution in [0.2, 0.25) is 0 Å². The van der Waals surface area contributed by atoms with Gasteiger partial charge in [0.15, 0.2) is 0 Å². The number of ether oxygens (including phenoxy) is 2. The maximum absolute atomic E-state index is 13.1. The largest absolute Gasteiger partial charge is 0.497 e. The van der Waals surface area contributed by atoms with E-state index >= 15 is 0 Å². The maximum Gasteiger partial charge on any atom is 0.223 e. The number of aryl methyl sites for hydroxylation is 1. The van der Waals surface area contributed by atoms with E-state index in [0.717, 1.165) is 49.4 Å². The zero-order chi connectivity index (χ0) is 21.3. The van der Waals surface area contributed by atoms with Crippen molar-refractivity contribution in [2.45, 2.75) is 51.7 Å². The van der Waals surface area contributed by atoms with Crippen LogP contribution in [0.3, 0.4) is 0 Å². The Balaban J connectivity index is 1.42. The molecule has 0 bridgehead atoms. The molecule has 0 aliphatic carbocycles. The lowest BCUT2D eigenvalue weighted by Gasteiger charge is -2.39. The third-order valence-corrected chi connectivity index (χ3v) is 6.26. The quantitative estimate of drug-likeness (QED) is 0.801. The molecule has 2 aliphatic rings. The van der Waals surface area contributed by atoms with Gasteiger partial charge in [-0.05, 0) is 63.9 Å². The molecular weight excluding hydrogens is 376 g/mol. The Morgan fingerprint density at radius 2 is 1.83 bits per heavy atom. The third kappa shape index (κ3) is 4.40. The Morgan fingerprint density at radius 3 is 2.50 bits per heavy atom. The van der Waals surface area contributed by atoms with Crippen molar-refractivity contribution in [1.82, 2.24) is 5.32 Å². The van der Waals surface area contributed by atoms with Gasteiger partial charge >= 0.3 is 0 Å². The Bertz CT molecular complexity index is 899. The molecule has 0 aromatic heterocycles. The summed E-state index contributed by atoms with van der Waals surface area (Å²) >= 11 is 0. The standard InChI is InChI=1S/C25H32N2O3/c1-17-5-7-19(8-6-17)27-13-11-18(12-14-27)24(28)26-22-16-25(2,3)30-23-10-9-20(29-4)15-21(22)23/h5-10,15,18,22H,11-14,16H2,1-4H3,(H,26,28)/t22-/m1/s1. The zero-order valence-corrected chi connectivity index (χ0v) is 18.4. The third-order valence-electron chi connectivity index (χ3n) is 6.26. The Labute approximate surface area is 179 Å². The number of methoxy groups -OCH3 is 1. The first kappa shape index (κ1) is 20.6. The molecule has 4 rings (SSSR count). The number of hydrogen-bond donors (Lipinski definition) is 1. The highest BCUT2D eigenvalue weighted by molar-refractivity contribution is 5.79. The second-order valence-corrected chi connectivity index (χ2v) is 9.13. The predicted molar refractivity (Wildman–Crippen MR) is 119 cm³/mol. The molecule has 0 spiro atoms. The normalized spacial score (nSPS) is 20.8.